The zero-order valence-corrected chi connectivity index (χ0v) is 17.8. The van der Waals surface area contributed by atoms with E-state index in [-0.39, 0.29) is 11.2 Å². The van der Waals surface area contributed by atoms with Crippen molar-refractivity contribution in [2.45, 2.75) is 26.7 Å². The molecule has 0 fully saturated rings. The Morgan fingerprint density at radius 1 is 1.16 bits per heavy atom. The Hall–Kier alpha value is -3.88. The van der Waals surface area contributed by atoms with Crippen LogP contribution in [0.5, 0.6) is 11.5 Å². The lowest BCUT2D eigenvalue weighted by Crippen LogP contribution is -2.19. The molecule has 1 heterocycles. The van der Waals surface area contributed by atoms with Gasteiger partial charge in [0.05, 0.1) is 36.1 Å². The van der Waals surface area contributed by atoms with E-state index in [4.69, 9.17) is 9.47 Å². The summed E-state index contributed by atoms with van der Waals surface area (Å²) in [5.74, 6) is 1.18. The van der Waals surface area contributed by atoms with Crippen molar-refractivity contribution in [3.63, 3.8) is 0 Å². The number of hydrogen-bond donors (Lipinski definition) is 1. The van der Waals surface area contributed by atoms with Gasteiger partial charge in [-0.25, -0.2) is 9.67 Å². The second-order valence-corrected chi connectivity index (χ2v) is 6.86. The summed E-state index contributed by atoms with van der Waals surface area (Å²) in [4.78, 5) is 28.3. The Kier molecular flexibility index (Phi) is 6.54. The fourth-order valence-corrected chi connectivity index (χ4v) is 3.31. The maximum absolute atomic E-state index is 13.3. The number of nitro benzene ring substituents is 1. The third-order valence-electron chi connectivity index (χ3n) is 4.82. The second kappa shape index (κ2) is 9.29. The smallest absolute Gasteiger partial charge is 0.280 e. The molecule has 162 valence electrons. The Morgan fingerprint density at radius 2 is 1.87 bits per heavy atom. The monoisotopic (exact) mass is 424 g/mol. The molecule has 0 saturated carbocycles. The summed E-state index contributed by atoms with van der Waals surface area (Å²) < 4.78 is 12.0. The van der Waals surface area contributed by atoms with Gasteiger partial charge in [-0.3, -0.25) is 20.0 Å². The average Bonchev–Trinajstić information content (AvgIpc) is 3.09. The van der Waals surface area contributed by atoms with Crippen LogP contribution in [0.4, 0.5) is 11.4 Å². The number of non-ortho nitro benzene ring substituents is 1. The number of aliphatic imine (C=N–C) groups is 1. The zero-order chi connectivity index (χ0) is 22.5. The molecule has 0 radical (unpaired) electrons. The molecule has 0 atom stereocenters. The third-order valence-corrected chi connectivity index (χ3v) is 4.82. The van der Waals surface area contributed by atoms with Crippen LogP contribution in [0.25, 0.3) is 5.69 Å². The highest BCUT2D eigenvalue weighted by molar-refractivity contribution is 6.01. The lowest BCUT2D eigenvalue weighted by molar-refractivity contribution is -0.384. The van der Waals surface area contributed by atoms with E-state index < -0.39 is 4.92 Å². The molecule has 0 saturated heterocycles. The summed E-state index contributed by atoms with van der Waals surface area (Å²) in [5, 5.41) is 14.0. The number of aryl methyl sites for hydroxylation is 1. The SMILES string of the molecule is CCCc1[nH]n(-c2ccc([N+](=O)[O-])cc2)c(=O)c1C(C)=Nc1cc(OC)ccc1OC. The summed E-state index contributed by atoms with van der Waals surface area (Å²) in [6.45, 7) is 3.78. The number of rotatable bonds is 8. The molecule has 0 spiro atoms. The van der Waals surface area contributed by atoms with Crippen LogP contribution in [0.1, 0.15) is 31.5 Å². The number of benzene rings is 2. The molecule has 0 aliphatic heterocycles. The molecular formula is C22H24N4O5. The Bertz CT molecular complexity index is 1180. The summed E-state index contributed by atoms with van der Waals surface area (Å²) in [6.07, 6.45) is 1.47. The van der Waals surface area contributed by atoms with Crippen LogP contribution < -0.4 is 15.0 Å². The Balaban J connectivity index is 2.11. The van der Waals surface area contributed by atoms with Crippen molar-refractivity contribution in [3.05, 3.63) is 74.2 Å². The van der Waals surface area contributed by atoms with Gasteiger partial charge in [-0.15, -0.1) is 0 Å². The van der Waals surface area contributed by atoms with E-state index in [1.165, 1.54) is 28.9 Å². The first-order chi connectivity index (χ1) is 14.9. The van der Waals surface area contributed by atoms with Gasteiger partial charge in [0.2, 0.25) is 0 Å². The van der Waals surface area contributed by atoms with Crippen LogP contribution in [0.15, 0.2) is 52.3 Å². The molecule has 0 aliphatic rings. The van der Waals surface area contributed by atoms with E-state index >= 15 is 0 Å². The van der Waals surface area contributed by atoms with Crippen LogP contribution in [0.2, 0.25) is 0 Å². The minimum Gasteiger partial charge on any atom is -0.497 e. The number of nitro groups is 1. The van der Waals surface area contributed by atoms with Gasteiger partial charge < -0.3 is 9.47 Å². The fraction of sp³-hybridized carbons (Fsp3) is 0.273. The van der Waals surface area contributed by atoms with E-state index in [0.717, 1.165) is 12.1 Å². The van der Waals surface area contributed by atoms with Crippen molar-refractivity contribution in [3.8, 4) is 17.2 Å². The number of nitrogens with one attached hydrogen (secondary N) is 1. The maximum Gasteiger partial charge on any atom is 0.280 e. The van der Waals surface area contributed by atoms with Crippen molar-refractivity contribution < 1.29 is 14.4 Å². The highest BCUT2D eigenvalue weighted by Gasteiger charge is 2.18. The van der Waals surface area contributed by atoms with Gasteiger partial charge in [0.25, 0.3) is 11.2 Å². The lowest BCUT2D eigenvalue weighted by atomic mass is 10.1. The van der Waals surface area contributed by atoms with Crippen molar-refractivity contribution in [1.29, 1.82) is 0 Å². The van der Waals surface area contributed by atoms with Crippen molar-refractivity contribution in [2.24, 2.45) is 4.99 Å². The highest BCUT2D eigenvalue weighted by atomic mass is 16.6. The number of nitrogens with zero attached hydrogens (tertiary/aromatic N) is 3. The molecule has 3 aromatic rings. The van der Waals surface area contributed by atoms with Gasteiger partial charge in [-0.2, -0.15) is 0 Å². The van der Waals surface area contributed by atoms with E-state index in [1.807, 2.05) is 6.92 Å². The minimum atomic E-state index is -0.479. The topological polar surface area (TPSA) is 112 Å². The molecule has 0 aliphatic carbocycles. The van der Waals surface area contributed by atoms with Gasteiger partial charge in [-0.05, 0) is 37.6 Å². The van der Waals surface area contributed by atoms with Gasteiger partial charge in [0, 0.05) is 23.9 Å². The van der Waals surface area contributed by atoms with Crippen molar-refractivity contribution >= 4 is 17.1 Å². The predicted molar refractivity (Wildman–Crippen MR) is 118 cm³/mol. The number of H-pyrrole nitrogens is 1. The number of methoxy groups -OCH3 is 2. The molecule has 3 rings (SSSR count). The van der Waals surface area contributed by atoms with Gasteiger partial charge >= 0.3 is 0 Å². The number of hydrogen-bond acceptors (Lipinski definition) is 6. The molecule has 0 amide bonds. The first-order valence-electron chi connectivity index (χ1n) is 9.76. The lowest BCUT2D eigenvalue weighted by Gasteiger charge is -2.08. The van der Waals surface area contributed by atoms with E-state index in [9.17, 15) is 14.9 Å². The average molecular weight is 424 g/mol. The quantitative estimate of drug-likeness (QED) is 0.331. The molecule has 9 heteroatoms. The summed E-state index contributed by atoms with van der Waals surface area (Å²) in [6, 6.07) is 11.1. The van der Waals surface area contributed by atoms with Crippen molar-refractivity contribution in [1.82, 2.24) is 9.78 Å². The summed E-state index contributed by atoms with van der Waals surface area (Å²) in [7, 11) is 3.12. The molecule has 1 aromatic heterocycles. The first-order valence-corrected chi connectivity index (χ1v) is 9.76. The van der Waals surface area contributed by atoms with Gasteiger partial charge in [-0.1, -0.05) is 13.3 Å². The molecule has 2 aromatic carbocycles. The highest BCUT2D eigenvalue weighted by Crippen LogP contribution is 2.32. The normalized spacial score (nSPS) is 11.4. The summed E-state index contributed by atoms with van der Waals surface area (Å²) in [5.41, 5.74) is 2.46. The first kappa shape index (κ1) is 21.8. The van der Waals surface area contributed by atoms with Crippen LogP contribution in [-0.2, 0) is 6.42 Å². The molecular weight excluding hydrogens is 400 g/mol. The zero-order valence-electron chi connectivity index (χ0n) is 17.8. The molecule has 1 N–H and O–H groups in total. The molecule has 0 bridgehead atoms. The Morgan fingerprint density at radius 3 is 2.45 bits per heavy atom. The molecule has 9 nitrogen and oxygen atoms in total. The predicted octanol–water partition coefficient (Wildman–Crippen LogP) is 4.18. The van der Waals surface area contributed by atoms with Gasteiger partial charge in [0.15, 0.2) is 0 Å². The van der Waals surface area contributed by atoms with Crippen LogP contribution in [0, 0.1) is 10.1 Å². The number of aromatic nitrogens is 2. The minimum absolute atomic E-state index is 0.0415. The maximum atomic E-state index is 13.3. The largest absolute Gasteiger partial charge is 0.497 e. The fourth-order valence-electron chi connectivity index (χ4n) is 3.31. The standard InChI is InChI=1S/C22H24N4O5/c1-5-6-18-21(14(2)23-19-13-17(30-3)11-12-20(19)31-4)22(27)25(24-18)15-7-9-16(10-8-15)26(28)29/h7-13,24H,5-6H2,1-4H3. The molecule has 31 heavy (non-hydrogen) atoms. The van der Waals surface area contributed by atoms with Crippen LogP contribution in [0.3, 0.4) is 0 Å². The van der Waals surface area contributed by atoms with E-state index in [0.29, 0.717) is 40.6 Å². The van der Waals surface area contributed by atoms with E-state index in [1.54, 1.807) is 39.3 Å². The third kappa shape index (κ3) is 4.50. The Labute approximate surface area is 179 Å². The van der Waals surface area contributed by atoms with Crippen molar-refractivity contribution in [2.75, 3.05) is 14.2 Å². The number of ether oxygens (including phenoxy) is 2. The van der Waals surface area contributed by atoms with Crippen LogP contribution >= 0.6 is 0 Å². The number of aromatic amines is 1. The van der Waals surface area contributed by atoms with Gasteiger partial charge in [0.1, 0.15) is 17.2 Å². The summed E-state index contributed by atoms with van der Waals surface area (Å²) >= 11 is 0. The van der Waals surface area contributed by atoms with Crippen LogP contribution in [-0.4, -0.2) is 34.6 Å². The molecule has 0 unspecified atom stereocenters. The van der Waals surface area contributed by atoms with E-state index in [2.05, 4.69) is 10.1 Å². The second-order valence-electron chi connectivity index (χ2n) is 6.86.